The molecule has 1 rings (SSSR count). The molecule has 0 heterocycles. The Labute approximate surface area is 132 Å². The Hall–Kier alpha value is -1.69. The van der Waals surface area contributed by atoms with Crippen LogP contribution in [0, 0.1) is 0 Å². The van der Waals surface area contributed by atoms with Crippen LogP contribution in [0.1, 0.15) is 44.1 Å². The van der Waals surface area contributed by atoms with E-state index in [1.807, 2.05) is 24.3 Å². The van der Waals surface area contributed by atoms with Gasteiger partial charge in [-0.25, -0.2) is 5.43 Å². The van der Waals surface area contributed by atoms with Crippen molar-refractivity contribution in [3.8, 4) is 0 Å². The highest BCUT2D eigenvalue weighted by Crippen LogP contribution is 2.09. The molecule has 0 radical (unpaired) electrons. The van der Waals surface area contributed by atoms with E-state index in [4.69, 9.17) is 5.11 Å². The second-order valence-corrected chi connectivity index (χ2v) is 5.57. The number of hydrogen-bond acceptors (Lipinski definition) is 3. The molecular formula is C15H19BrN2O3. The van der Waals surface area contributed by atoms with Crippen molar-refractivity contribution in [2.75, 3.05) is 0 Å². The number of carbonyl (C=O) groups excluding carboxylic acids is 1. The van der Waals surface area contributed by atoms with Gasteiger partial charge in [0.05, 0.1) is 6.21 Å². The number of hydrogen-bond donors (Lipinski definition) is 2. The maximum absolute atomic E-state index is 11.5. The molecule has 0 unspecified atom stereocenters. The molecule has 0 atom stereocenters. The topological polar surface area (TPSA) is 78.8 Å². The predicted molar refractivity (Wildman–Crippen MR) is 85.2 cm³/mol. The van der Waals surface area contributed by atoms with Crippen LogP contribution in [0.5, 0.6) is 0 Å². The predicted octanol–water partition coefficient (Wildman–Crippen LogP) is 3.32. The van der Waals surface area contributed by atoms with Gasteiger partial charge in [-0.1, -0.05) is 40.9 Å². The van der Waals surface area contributed by atoms with Gasteiger partial charge in [-0.05, 0) is 30.5 Å². The zero-order chi connectivity index (χ0) is 15.5. The number of nitrogens with zero attached hydrogens (tertiary/aromatic N) is 1. The summed E-state index contributed by atoms with van der Waals surface area (Å²) in [5.41, 5.74) is 3.39. The summed E-state index contributed by atoms with van der Waals surface area (Å²) in [5.74, 6) is -0.892. The highest BCUT2D eigenvalue weighted by molar-refractivity contribution is 9.10. The Kier molecular flexibility index (Phi) is 8.35. The lowest BCUT2D eigenvalue weighted by Crippen LogP contribution is -2.16. The third-order valence-corrected chi connectivity index (χ3v) is 3.35. The van der Waals surface area contributed by atoms with Crippen LogP contribution in [-0.2, 0) is 9.59 Å². The largest absolute Gasteiger partial charge is 0.481 e. The summed E-state index contributed by atoms with van der Waals surface area (Å²) in [6, 6.07) is 7.59. The van der Waals surface area contributed by atoms with Gasteiger partial charge in [0, 0.05) is 17.3 Å². The number of halogens is 1. The van der Waals surface area contributed by atoms with Gasteiger partial charge in [-0.15, -0.1) is 0 Å². The summed E-state index contributed by atoms with van der Waals surface area (Å²) < 4.78 is 0.992. The number of carbonyl (C=O) groups is 2. The molecule has 1 aromatic rings. The number of benzene rings is 1. The second kappa shape index (κ2) is 10.1. The number of nitrogens with one attached hydrogen (secondary N) is 1. The van der Waals surface area contributed by atoms with Crippen molar-refractivity contribution in [3.63, 3.8) is 0 Å². The fraction of sp³-hybridized carbons (Fsp3) is 0.400. The lowest BCUT2D eigenvalue weighted by Gasteiger charge is -2.00. The van der Waals surface area contributed by atoms with Crippen molar-refractivity contribution in [2.24, 2.45) is 5.10 Å². The SMILES string of the molecule is O=C(O)CCCCCCC(=O)N/N=C/c1ccc(Br)cc1. The Morgan fingerprint density at radius 2 is 1.71 bits per heavy atom. The smallest absolute Gasteiger partial charge is 0.303 e. The van der Waals surface area contributed by atoms with Crippen molar-refractivity contribution in [1.82, 2.24) is 5.43 Å². The number of rotatable bonds is 9. The van der Waals surface area contributed by atoms with Gasteiger partial charge in [0.2, 0.25) is 5.91 Å². The summed E-state index contributed by atoms with van der Waals surface area (Å²) in [7, 11) is 0. The number of aliphatic carboxylic acids is 1. The minimum Gasteiger partial charge on any atom is -0.481 e. The van der Waals surface area contributed by atoms with Crippen LogP contribution in [0.15, 0.2) is 33.8 Å². The number of amides is 1. The van der Waals surface area contributed by atoms with Crippen LogP contribution in [-0.4, -0.2) is 23.2 Å². The summed E-state index contributed by atoms with van der Waals surface area (Å²) in [6.07, 6.45) is 5.31. The first-order valence-electron chi connectivity index (χ1n) is 6.87. The molecule has 0 spiro atoms. The fourth-order valence-electron chi connectivity index (χ4n) is 1.70. The van der Waals surface area contributed by atoms with Crippen LogP contribution in [0.2, 0.25) is 0 Å². The lowest BCUT2D eigenvalue weighted by atomic mass is 10.1. The van der Waals surface area contributed by atoms with Crippen molar-refractivity contribution < 1.29 is 14.7 Å². The molecular weight excluding hydrogens is 336 g/mol. The lowest BCUT2D eigenvalue weighted by molar-refractivity contribution is -0.137. The van der Waals surface area contributed by atoms with E-state index in [2.05, 4.69) is 26.5 Å². The molecule has 21 heavy (non-hydrogen) atoms. The Morgan fingerprint density at radius 3 is 2.33 bits per heavy atom. The summed E-state index contributed by atoms with van der Waals surface area (Å²) in [4.78, 5) is 21.8. The molecule has 0 saturated heterocycles. The monoisotopic (exact) mass is 354 g/mol. The normalized spacial score (nSPS) is 10.7. The Bertz CT molecular complexity index is 486. The van der Waals surface area contributed by atoms with Crippen LogP contribution < -0.4 is 5.43 Å². The van der Waals surface area contributed by atoms with E-state index in [9.17, 15) is 9.59 Å². The van der Waals surface area contributed by atoms with E-state index in [1.54, 1.807) is 6.21 Å². The quantitative estimate of drug-likeness (QED) is 0.405. The van der Waals surface area contributed by atoms with Crippen molar-refractivity contribution in [2.45, 2.75) is 38.5 Å². The van der Waals surface area contributed by atoms with Crippen LogP contribution in [0.25, 0.3) is 0 Å². The molecule has 0 fully saturated rings. The third-order valence-electron chi connectivity index (χ3n) is 2.82. The summed E-state index contributed by atoms with van der Waals surface area (Å²) in [6.45, 7) is 0. The standard InChI is InChI=1S/C15H19BrN2O3/c16-13-9-7-12(8-10-13)11-17-18-14(19)5-3-1-2-4-6-15(20)21/h7-11H,1-6H2,(H,18,19)(H,20,21)/b17-11+. The average Bonchev–Trinajstić information content (AvgIpc) is 2.44. The van der Waals surface area contributed by atoms with Crippen molar-refractivity contribution >= 4 is 34.0 Å². The van der Waals surface area contributed by atoms with E-state index in [1.165, 1.54) is 0 Å². The molecule has 1 aromatic carbocycles. The third kappa shape index (κ3) is 8.96. The van der Waals surface area contributed by atoms with E-state index in [-0.39, 0.29) is 12.3 Å². The highest BCUT2D eigenvalue weighted by Gasteiger charge is 2.00. The first-order chi connectivity index (χ1) is 10.1. The maximum Gasteiger partial charge on any atom is 0.303 e. The van der Waals surface area contributed by atoms with E-state index >= 15 is 0 Å². The van der Waals surface area contributed by atoms with Crippen LogP contribution in [0.3, 0.4) is 0 Å². The number of carboxylic acids is 1. The molecule has 114 valence electrons. The van der Waals surface area contributed by atoms with E-state index < -0.39 is 5.97 Å². The van der Waals surface area contributed by atoms with Gasteiger partial charge in [0.15, 0.2) is 0 Å². The summed E-state index contributed by atoms with van der Waals surface area (Å²) in [5, 5.41) is 12.4. The van der Waals surface area contributed by atoms with Crippen molar-refractivity contribution in [3.05, 3.63) is 34.3 Å². The average molecular weight is 355 g/mol. The molecule has 2 N–H and O–H groups in total. The van der Waals surface area contributed by atoms with E-state index in [0.29, 0.717) is 12.8 Å². The first-order valence-corrected chi connectivity index (χ1v) is 7.66. The highest BCUT2D eigenvalue weighted by atomic mass is 79.9. The van der Waals surface area contributed by atoms with Crippen molar-refractivity contribution in [1.29, 1.82) is 0 Å². The number of carboxylic acid groups (broad SMARTS) is 1. The molecule has 0 saturated carbocycles. The van der Waals surface area contributed by atoms with Gasteiger partial charge in [0.25, 0.3) is 0 Å². The van der Waals surface area contributed by atoms with Gasteiger partial charge in [-0.2, -0.15) is 5.10 Å². The molecule has 6 heteroatoms. The molecule has 5 nitrogen and oxygen atoms in total. The van der Waals surface area contributed by atoms with E-state index in [0.717, 1.165) is 29.3 Å². The van der Waals surface area contributed by atoms with Gasteiger partial charge >= 0.3 is 5.97 Å². The number of hydrazone groups is 1. The minimum atomic E-state index is -0.768. The van der Waals surface area contributed by atoms with Gasteiger partial charge in [-0.3, -0.25) is 9.59 Å². The fourth-order valence-corrected chi connectivity index (χ4v) is 1.96. The maximum atomic E-state index is 11.5. The van der Waals surface area contributed by atoms with Crippen LogP contribution in [0.4, 0.5) is 0 Å². The second-order valence-electron chi connectivity index (χ2n) is 4.65. The Morgan fingerprint density at radius 1 is 1.10 bits per heavy atom. The molecule has 1 amide bonds. The number of unbranched alkanes of at least 4 members (excludes halogenated alkanes) is 3. The zero-order valence-corrected chi connectivity index (χ0v) is 13.3. The minimum absolute atomic E-state index is 0.124. The van der Waals surface area contributed by atoms with Gasteiger partial charge in [0.1, 0.15) is 0 Å². The zero-order valence-electron chi connectivity index (χ0n) is 11.7. The molecule has 0 aromatic heterocycles. The molecule has 0 aliphatic carbocycles. The first kappa shape index (κ1) is 17.4. The van der Waals surface area contributed by atoms with Crippen LogP contribution >= 0.6 is 15.9 Å². The molecule has 0 aliphatic heterocycles. The molecule has 0 aliphatic rings. The molecule has 0 bridgehead atoms. The summed E-state index contributed by atoms with van der Waals surface area (Å²) >= 11 is 3.34. The van der Waals surface area contributed by atoms with Gasteiger partial charge < -0.3 is 5.11 Å². The Balaban J connectivity index is 2.11.